The van der Waals surface area contributed by atoms with Crippen molar-refractivity contribution >= 4 is 27.3 Å². The Bertz CT molecular complexity index is 481. The molecule has 0 atom stereocenters. The molecule has 1 aromatic rings. The molecule has 0 aromatic carbocycles. The highest BCUT2D eigenvalue weighted by Gasteiger charge is 2.18. The van der Waals surface area contributed by atoms with Gasteiger partial charge in [-0.1, -0.05) is 0 Å². The molecule has 1 rings (SSSR count). The minimum atomic E-state index is -3.56. The monoisotopic (exact) mass is 278 g/mol. The molecule has 0 aliphatic carbocycles. The first-order valence-corrected chi connectivity index (χ1v) is 7.24. The number of hydrogen-bond acceptors (Lipinski definition) is 6. The van der Waals surface area contributed by atoms with Crippen LogP contribution in [0.2, 0.25) is 0 Å². The number of esters is 1. The fourth-order valence-electron chi connectivity index (χ4n) is 1.06. The number of nitrogens with one attached hydrogen (secondary N) is 1. The lowest BCUT2D eigenvalue weighted by Crippen LogP contribution is -2.25. The number of thiophene rings is 1. The van der Waals surface area contributed by atoms with E-state index in [1.54, 1.807) is 0 Å². The van der Waals surface area contributed by atoms with Gasteiger partial charge in [0.2, 0.25) is 10.0 Å². The van der Waals surface area contributed by atoms with E-state index in [2.05, 4.69) is 9.46 Å². The largest absolute Gasteiger partial charge is 0.465 e. The van der Waals surface area contributed by atoms with Crippen LogP contribution < -0.4 is 10.5 Å². The van der Waals surface area contributed by atoms with Crippen molar-refractivity contribution in [3.8, 4) is 0 Å². The highest BCUT2D eigenvalue weighted by atomic mass is 32.2. The van der Waals surface area contributed by atoms with Gasteiger partial charge in [0.1, 0.15) is 4.88 Å². The fourth-order valence-corrected chi connectivity index (χ4v) is 3.32. The molecule has 0 unspecified atom stereocenters. The van der Waals surface area contributed by atoms with Gasteiger partial charge in [-0.25, -0.2) is 17.9 Å². The maximum atomic E-state index is 11.7. The van der Waals surface area contributed by atoms with Gasteiger partial charge in [0.05, 0.1) is 12.0 Å². The summed E-state index contributed by atoms with van der Waals surface area (Å²) >= 11 is 1.03. The summed E-state index contributed by atoms with van der Waals surface area (Å²) in [6.07, 6.45) is 0.563. The van der Waals surface area contributed by atoms with Crippen LogP contribution in [0, 0.1) is 0 Å². The second-order valence-electron chi connectivity index (χ2n) is 3.18. The maximum Gasteiger partial charge on any atom is 0.348 e. The van der Waals surface area contributed by atoms with Crippen molar-refractivity contribution in [1.82, 2.24) is 4.72 Å². The summed E-state index contributed by atoms with van der Waals surface area (Å²) in [5.74, 6) is -0.543. The van der Waals surface area contributed by atoms with Crippen molar-refractivity contribution in [3.05, 3.63) is 16.3 Å². The van der Waals surface area contributed by atoms with E-state index in [0.717, 1.165) is 11.3 Å². The zero-order chi connectivity index (χ0) is 12.9. The predicted molar refractivity (Wildman–Crippen MR) is 64.5 cm³/mol. The van der Waals surface area contributed by atoms with Gasteiger partial charge in [0.25, 0.3) is 0 Å². The van der Waals surface area contributed by atoms with Crippen LogP contribution in [0.5, 0.6) is 0 Å². The van der Waals surface area contributed by atoms with Gasteiger partial charge < -0.3 is 10.5 Å². The van der Waals surface area contributed by atoms with E-state index in [1.807, 2.05) is 0 Å². The normalized spacial score (nSPS) is 11.4. The van der Waals surface area contributed by atoms with Gasteiger partial charge in [0.15, 0.2) is 0 Å². The van der Waals surface area contributed by atoms with E-state index in [-0.39, 0.29) is 16.3 Å². The Morgan fingerprint density at radius 3 is 2.88 bits per heavy atom. The molecule has 1 aromatic heterocycles. The molecule has 6 nitrogen and oxygen atoms in total. The molecule has 0 aliphatic rings. The smallest absolute Gasteiger partial charge is 0.348 e. The first kappa shape index (κ1) is 14.1. The quantitative estimate of drug-likeness (QED) is 0.570. The zero-order valence-corrected chi connectivity index (χ0v) is 10.9. The molecular weight excluding hydrogens is 264 g/mol. The summed E-state index contributed by atoms with van der Waals surface area (Å²) in [6, 6.07) is 1.29. The average Bonchev–Trinajstić information content (AvgIpc) is 2.78. The average molecular weight is 278 g/mol. The molecule has 0 radical (unpaired) electrons. The van der Waals surface area contributed by atoms with Crippen LogP contribution >= 0.6 is 11.3 Å². The van der Waals surface area contributed by atoms with Gasteiger partial charge in [0, 0.05) is 11.9 Å². The molecule has 0 fully saturated rings. The summed E-state index contributed by atoms with van der Waals surface area (Å²) < 4.78 is 30.4. The lowest BCUT2D eigenvalue weighted by atomic mass is 10.4. The van der Waals surface area contributed by atoms with Gasteiger partial charge >= 0.3 is 5.97 Å². The van der Waals surface area contributed by atoms with Crippen molar-refractivity contribution in [2.24, 2.45) is 5.73 Å². The van der Waals surface area contributed by atoms with Crippen molar-refractivity contribution in [2.45, 2.75) is 11.3 Å². The van der Waals surface area contributed by atoms with Gasteiger partial charge in [-0.15, -0.1) is 11.3 Å². The van der Waals surface area contributed by atoms with E-state index >= 15 is 0 Å². The SMILES string of the molecule is COC(=O)c1cc(S(=O)(=O)NCCCN)cs1. The minimum absolute atomic E-state index is 0.0694. The molecular formula is C9H14N2O4S2. The molecule has 0 aliphatic heterocycles. The first-order chi connectivity index (χ1) is 8.01. The highest BCUT2D eigenvalue weighted by molar-refractivity contribution is 7.89. The Kier molecular flexibility index (Phi) is 5.06. The summed E-state index contributed by atoms with van der Waals surface area (Å²) in [7, 11) is -2.31. The number of sulfonamides is 1. The Labute approximate surface area is 104 Å². The topological polar surface area (TPSA) is 98.5 Å². The van der Waals surface area contributed by atoms with Crippen LogP contribution in [0.4, 0.5) is 0 Å². The number of nitrogens with two attached hydrogens (primary N) is 1. The van der Waals surface area contributed by atoms with Crippen molar-refractivity contribution in [1.29, 1.82) is 0 Å². The summed E-state index contributed by atoms with van der Waals surface area (Å²) in [4.78, 5) is 11.5. The second-order valence-corrected chi connectivity index (χ2v) is 5.86. The van der Waals surface area contributed by atoms with Crippen LogP contribution in [-0.4, -0.2) is 34.6 Å². The molecule has 96 valence electrons. The van der Waals surface area contributed by atoms with Crippen LogP contribution in [0.3, 0.4) is 0 Å². The van der Waals surface area contributed by atoms with E-state index in [9.17, 15) is 13.2 Å². The van der Waals surface area contributed by atoms with E-state index < -0.39 is 16.0 Å². The molecule has 3 N–H and O–H groups in total. The molecule has 8 heteroatoms. The molecule has 0 amide bonds. The van der Waals surface area contributed by atoms with Crippen LogP contribution in [0.25, 0.3) is 0 Å². The molecule has 0 saturated carbocycles. The number of carbonyl (C=O) groups excluding carboxylic acids is 1. The summed E-state index contributed by atoms with van der Waals surface area (Å²) in [5.41, 5.74) is 5.26. The molecule has 0 saturated heterocycles. The number of carbonyl (C=O) groups is 1. The second kappa shape index (κ2) is 6.10. The lowest BCUT2D eigenvalue weighted by Gasteiger charge is -2.03. The Balaban J connectivity index is 2.78. The molecule has 0 spiro atoms. The van der Waals surface area contributed by atoms with Gasteiger partial charge in [-0.05, 0) is 19.0 Å². The van der Waals surface area contributed by atoms with Gasteiger partial charge in [-0.2, -0.15) is 0 Å². The van der Waals surface area contributed by atoms with Crippen molar-refractivity contribution in [3.63, 3.8) is 0 Å². The van der Waals surface area contributed by atoms with E-state index in [1.165, 1.54) is 18.6 Å². The molecule has 1 heterocycles. The Morgan fingerprint density at radius 2 is 2.29 bits per heavy atom. The van der Waals surface area contributed by atoms with Crippen molar-refractivity contribution < 1.29 is 17.9 Å². The zero-order valence-electron chi connectivity index (χ0n) is 9.30. The standard InChI is InChI=1S/C9H14N2O4S2/c1-15-9(12)8-5-7(6-16-8)17(13,14)11-4-2-3-10/h5-6,11H,2-4,10H2,1H3. The summed E-state index contributed by atoms with van der Waals surface area (Å²) in [6.45, 7) is 0.696. The fraction of sp³-hybridized carbons (Fsp3) is 0.444. The van der Waals surface area contributed by atoms with E-state index in [4.69, 9.17) is 5.73 Å². The third kappa shape index (κ3) is 3.77. The van der Waals surface area contributed by atoms with Crippen LogP contribution in [0.15, 0.2) is 16.3 Å². The lowest BCUT2D eigenvalue weighted by molar-refractivity contribution is 0.0606. The predicted octanol–water partition coefficient (Wildman–Crippen LogP) is 0.162. The minimum Gasteiger partial charge on any atom is -0.465 e. The number of methoxy groups -OCH3 is 1. The third-order valence-electron chi connectivity index (χ3n) is 1.95. The third-order valence-corrected chi connectivity index (χ3v) is 4.45. The number of hydrogen-bond donors (Lipinski definition) is 2. The molecule has 0 bridgehead atoms. The maximum absolute atomic E-state index is 11.7. The highest BCUT2D eigenvalue weighted by Crippen LogP contribution is 2.19. The summed E-state index contributed by atoms with van der Waals surface area (Å²) in [5, 5.41) is 1.40. The number of ether oxygens (including phenoxy) is 1. The van der Waals surface area contributed by atoms with Gasteiger partial charge in [-0.3, -0.25) is 0 Å². The number of rotatable bonds is 6. The van der Waals surface area contributed by atoms with Crippen LogP contribution in [0.1, 0.15) is 16.1 Å². The van der Waals surface area contributed by atoms with Crippen molar-refractivity contribution in [2.75, 3.05) is 20.2 Å². The Morgan fingerprint density at radius 1 is 1.59 bits per heavy atom. The Hall–Kier alpha value is -0.960. The molecule has 17 heavy (non-hydrogen) atoms. The van der Waals surface area contributed by atoms with E-state index in [0.29, 0.717) is 13.0 Å². The first-order valence-electron chi connectivity index (χ1n) is 4.88. The van der Waals surface area contributed by atoms with Crippen LogP contribution in [-0.2, 0) is 14.8 Å².